The Kier molecular flexibility index (Phi) is 3.39. The van der Waals surface area contributed by atoms with Gasteiger partial charge in [0.1, 0.15) is 11.5 Å². The lowest BCUT2D eigenvalue weighted by atomic mass is 10.0. The van der Waals surface area contributed by atoms with E-state index in [4.69, 9.17) is 9.51 Å². The molecule has 0 bridgehead atoms. The van der Waals surface area contributed by atoms with E-state index >= 15 is 0 Å². The van der Waals surface area contributed by atoms with Crippen LogP contribution in [0.25, 0.3) is 33.4 Å². The van der Waals surface area contributed by atoms with Crippen LogP contribution in [0.5, 0.6) is 5.75 Å². The first-order chi connectivity index (χ1) is 12.0. The van der Waals surface area contributed by atoms with E-state index in [0.717, 1.165) is 50.6 Å². The number of nitrogens with zero attached hydrogens (tertiary/aromatic N) is 3. The second-order valence-electron chi connectivity index (χ2n) is 6.38. The molecule has 0 unspecified atom stereocenters. The van der Waals surface area contributed by atoms with Crippen molar-refractivity contribution in [2.75, 3.05) is 0 Å². The molecular weight excluding hydrogens is 314 g/mol. The minimum absolute atomic E-state index is 0.225. The number of pyridine rings is 1. The minimum atomic E-state index is 0.225. The monoisotopic (exact) mass is 333 g/mol. The molecule has 0 fully saturated rings. The fourth-order valence-electron chi connectivity index (χ4n) is 3.31. The third kappa shape index (κ3) is 2.39. The van der Waals surface area contributed by atoms with Crippen LogP contribution in [0.4, 0.5) is 0 Å². The number of aryl methyl sites for hydroxylation is 4. The molecule has 0 spiro atoms. The Morgan fingerprint density at radius 3 is 2.56 bits per heavy atom. The Morgan fingerprint density at radius 1 is 1.08 bits per heavy atom. The van der Waals surface area contributed by atoms with Gasteiger partial charge in [-0.2, -0.15) is 0 Å². The van der Waals surface area contributed by atoms with Gasteiger partial charge in [-0.15, -0.1) is 0 Å². The van der Waals surface area contributed by atoms with Gasteiger partial charge < -0.3 is 14.2 Å². The molecule has 4 aromatic rings. The standard InChI is InChI=1S/C20H19N3O2/c1-11-8-16-18(23(11)4)10-17(19-12(2)22-25-13(19)3)21-20(16)14-6-5-7-15(24)9-14/h5-10,24H,1-4H3. The lowest BCUT2D eigenvalue weighted by molar-refractivity contribution is 0.393. The van der Waals surface area contributed by atoms with Crippen LogP contribution in [-0.2, 0) is 7.05 Å². The van der Waals surface area contributed by atoms with Crippen LogP contribution in [0.15, 0.2) is 40.9 Å². The number of phenols is 1. The summed E-state index contributed by atoms with van der Waals surface area (Å²) in [7, 11) is 2.04. The predicted molar refractivity (Wildman–Crippen MR) is 97.5 cm³/mol. The minimum Gasteiger partial charge on any atom is -0.508 e. The number of aromatic hydroxyl groups is 1. The van der Waals surface area contributed by atoms with E-state index in [1.807, 2.05) is 33.0 Å². The number of benzene rings is 1. The predicted octanol–water partition coefficient (Wildman–Crippen LogP) is 4.53. The molecule has 0 radical (unpaired) electrons. The van der Waals surface area contributed by atoms with Crippen LogP contribution in [-0.4, -0.2) is 19.8 Å². The van der Waals surface area contributed by atoms with E-state index in [-0.39, 0.29) is 5.75 Å². The lowest BCUT2D eigenvalue weighted by Gasteiger charge is -2.09. The number of aromatic nitrogens is 3. The Hall–Kier alpha value is -3.08. The van der Waals surface area contributed by atoms with Gasteiger partial charge in [0.25, 0.3) is 0 Å². The van der Waals surface area contributed by atoms with E-state index in [1.165, 1.54) is 0 Å². The number of rotatable bonds is 2. The van der Waals surface area contributed by atoms with Gasteiger partial charge in [0, 0.05) is 23.7 Å². The zero-order chi connectivity index (χ0) is 17.7. The van der Waals surface area contributed by atoms with Crippen molar-refractivity contribution in [2.24, 2.45) is 7.05 Å². The van der Waals surface area contributed by atoms with E-state index in [1.54, 1.807) is 12.1 Å². The molecule has 5 nitrogen and oxygen atoms in total. The highest BCUT2D eigenvalue weighted by atomic mass is 16.5. The van der Waals surface area contributed by atoms with Gasteiger partial charge in [0.05, 0.1) is 28.2 Å². The maximum absolute atomic E-state index is 9.89. The molecule has 1 N–H and O–H groups in total. The fraction of sp³-hybridized carbons (Fsp3) is 0.200. The first kappa shape index (κ1) is 15.4. The van der Waals surface area contributed by atoms with Gasteiger partial charge in [0.2, 0.25) is 0 Å². The summed E-state index contributed by atoms with van der Waals surface area (Å²) in [5.74, 6) is 0.972. The number of hydrogen-bond acceptors (Lipinski definition) is 4. The molecule has 3 heterocycles. The summed E-state index contributed by atoms with van der Waals surface area (Å²) in [4.78, 5) is 4.91. The van der Waals surface area contributed by atoms with Crippen molar-refractivity contribution in [1.29, 1.82) is 0 Å². The summed E-state index contributed by atoms with van der Waals surface area (Å²) in [5.41, 5.74) is 6.51. The molecule has 126 valence electrons. The number of hydrogen-bond donors (Lipinski definition) is 1. The van der Waals surface area contributed by atoms with Crippen LogP contribution in [0.2, 0.25) is 0 Å². The molecule has 0 aliphatic rings. The molecule has 0 aliphatic carbocycles. The lowest BCUT2D eigenvalue weighted by Crippen LogP contribution is -1.95. The van der Waals surface area contributed by atoms with Crippen molar-refractivity contribution in [2.45, 2.75) is 20.8 Å². The van der Waals surface area contributed by atoms with Crippen molar-refractivity contribution in [3.05, 3.63) is 53.5 Å². The van der Waals surface area contributed by atoms with Crippen LogP contribution >= 0.6 is 0 Å². The van der Waals surface area contributed by atoms with E-state index < -0.39 is 0 Å². The normalized spacial score (nSPS) is 11.4. The van der Waals surface area contributed by atoms with Gasteiger partial charge in [-0.05, 0) is 45.0 Å². The number of phenolic OH excluding ortho intramolecular Hbond substituents is 1. The first-order valence-electron chi connectivity index (χ1n) is 8.15. The summed E-state index contributed by atoms with van der Waals surface area (Å²) in [6.45, 7) is 5.88. The summed E-state index contributed by atoms with van der Waals surface area (Å²) >= 11 is 0. The molecule has 3 aromatic heterocycles. The van der Waals surface area contributed by atoms with Crippen LogP contribution in [0.1, 0.15) is 17.1 Å². The Morgan fingerprint density at radius 2 is 1.88 bits per heavy atom. The smallest absolute Gasteiger partial charge is 0.143 e. The zero-order valence-electron chi connectivity index (χ0n) is 14.7. The second-order valence-corrected chi connectivity index (χ2v) is 6.38. The molecule has 1 aromatic carbocycles. The van der Waals surface area contributed by atoms with Crippen molar-refractivity contribution in [1.82, 2.24) is 14.7 Å². The average molecular weight is 333 g/mol. The van der Waals surface area contributed by atoms with Crippen molar-refractivity contribution < 1.29 is 9.63 Å². The highest BCUT2D eigenvalue weighted by Gasteiger charge is 2.18. The number of fused-ring (bicyclic) bond motifs is 1. The molecular formula is C20H19N3O2. The summed E-state index contributed by atoms with van der Waals surface area (Å²) in [5, 5.41) is 15.0. The molecule has 0 saturated carbocycles. The molecule has 0 aliphatic heterocycles. The van der Waals surface area contributed by atoms with Gasteiger partial charge in [-0.1, -0.05) is 17.3 Å². The molecule has 5 heteroatoms. The van der Waals surface area contributed by atoms with Crippen molar-refractivity contribution in [3.63, 3.8) is 0 Å². The van der Waals surface area contributed by atoms with Gasteiger partial charge in [0.15, 0.2) is 0 Å². The van der Waals surface area contributed by atoms with E-state index in [9.17, 15) is 5.11 Å². The van der Waals surface area contributed by atoms with Crippen LogP contribution in [0, 0.1) is 20.8 Å². The third-order valence-corrected chi connectivity index (χ3v) is 4.69. The largest absolute Gasteiger partial charge is 0.508 e. The Balaban J connectivity index is 2.09. The highest BCUT2D eigenvalue weighted by Crippen LogP contribution is 2.35. The third-order valence-electron chi connectivity index (χ3n) is 4.69. The van der Waals surface area contributed by atoms with Gasteiger partial charge in [-0.3, -0.25) is 0 Å². The van der Waals surface area contributed by atoms with Crippen LogP contribution in [0.3, 0.4) is 0 Å². The molecule has 0 atom stereocenters. The van der Waals surface area contributed by atoms with Crippen molar-refractivity contribution >= 4 is 10.9 Å². The maximum Gasteiger partial charge on any atom is 0.143 e. The van der Waals surface area contributed by atoms with Gasteiger partial charge in [-0.25, -0.2) is 4.98 Å². The van der Waals surface area contributed by atoms with E-state index in [0.29, 0.717) is 0 Å². The Bertz CT molecular complexity index is 1090. The zero-order valence-corrected chi connectivity index (χ0v) is 14.7. The highest BCUT2D eigenvalue weighted by molar-refractivity contribution is 5.96. The average Bonchev–Trinajstić information content (AvgIpc) is 3.06. The summed E-state index contributed by atoms with van der Waals surface area (Å²) in [6, 6.07) is 11.4. The summed E-state index contributed by atoms with van der Waals surface area (Å²) in [6.07, 6.45) is 0. The maximum atomic E-state index is 9.89. The second kappa shape index (κ2) is 5.48. The topological polar surface area (TPSA) is 64.1 Å². The van der Waals surface area contributed by atoms with Crippen molar-refractivity contribution in [3.8, 4) is 28.3 Å². The van der Waals surface area contributed by atoms with E-state index in [2.05, 4.69) is 28.8 Å². The fourth-order valence-corrected chi connectivity index (χ4v) is 3.31. The molecule has 25 heavy (non-hydrogen) atoms. The quantitative estimate of drug-likeness (QED) is 0.585. The van der Waals surface area contributed by atoms with Gasteiger partial charge >= 0.3 is 0 Å². The SMILES string of the molecule is Cc1noc(C)c1-c1cc2c(cc(C)n2C)c(-c2cccc(O)c2)n1. The summed E-state index contributed by atoms with van der Waals surface area (Å²) < 4.78 is 7.47. The molecule has 0 saturated heterocycles. The Labute approximate surface area is 145 Å². The molecule has 4 rings (SSSR count). The first-order valence-corrected chi connectivity index (χ1v) is 8.15. The molecule has 0 amide bonds. The van der Waals surface area contributed by atoms with Crippen LogP contribution < -0.4 is 0 Å².